The van der Waals surface area contributed by atoms with E-state index in [1.54, 1.807) is 12.1 Å². The number of carbonyl (C=O) groups excluding carboxylic acids is 1. The van der Waals surface area contributed by atoms with Gasteiger partial charge in [-0.3, -0.25) is 4.79 Å². The third-order valence-corrected chi connectivity index (χ3v) is 4.87. The van der Waals surface area contributed by atoms with Crippen molar-refractivity contribution in [1.29, 1.82) is 0 Å². The highest BCUT2D eigenvalue weighted by atomic mass is 32.1. The van der Waals surface area contributed by atoms with E-state index in [0.717, 1.165) is 28.9 Å². The smallest absolute Gasteiger partial charge is 0.221 e. The van der Waals surface area contributed by atoms with E-state index < -0.39 is 11.6 Å². The van der Waals surface area contributed by atoms with Crippen molar-refractivity contribution < 1.29 is 18.3 Å². The molecule has 0 spiro atoms. The molecule has 4 nitrogen and oxygen atoms in total. The van der Waals surface area contributed by atoms with Crippen LogP contribution < -0.4 is 10.1 Å². The lowest BCUT2D eigenvalue weighted by molar-refractivity contribution is -0.114. The van der Waals surface area contributed by atoms with E-state index in [1.807, 2.05) is 13.8 Å². The Kier molecular flexibility index (Phi) is 4.67. The fraction of sp³-hybridized carbons (Fsp3) is 0.222. The van der Waals surface area contributed by atoms with Gasteiger partial charge in [-0.05, 0) is 43.2 Å². The molecule has 1 N–H and O–H groups in total. The summed E-state index contributed by atoms with van der Waals surface area (Å²) in [5.74, 6) is -1.26. The van der Waals surface area contributed by atoms with Gasteiger partial charge in [0.1, 0.15) is 17.4 Å². The molecule has 25 heavy (non-hydrogen) atoms. The number of ether oxygens (including phenoxy) is 1. The molecule has 0 fully saturated rings. The predicted octanol–water partition coefficient (Wildman–Crippen LogP) is 4.73. The van der Waals surface area contributed by atoms with Crippen LogP contribution in [-0.2, 0) is 11.4 Å². The molecule has 7 heteroatoms. The number of halogens is 2. The number of hydrogen-bond donors (Lipinski definition) is 1. The molecule has 0 bridgehead atoms. The Morgan fingerprint density at radius 1 is 1.20 bits per heavy atom. The third-order valence-electron chi connectivity index (χ3n) is 3.87. The number of nitrogens with zero attached hydrogens (tertiary/aromatic N) is 1. The summed E-state index contributed by atoms with van der Waals surface area (Å²) in [7, 11) is 0. The van der Waals surface area contributed by atoms with Crippen LogP contribution in [0.2, 0.25) is 0 Å². The summed E-state index contributed by atoms with van der Waals surface area (Å²) in [5, 5.41) is 3.40. The Bertz CT molecular complexity index is 930. The van der Waals surface area contributed by atoms with Crippen LogP contribution in [0.3, 0.4) is 0 Å². The lowest BCUT2D eigenvalue weighted by atomic mass is 10.1. The molecule has 1 heterocycles. The third kappa shape index (κ3) is 3.61. The fourth-order valence-corrected chi connectivity index (χ4v) is 3.34. The molecular weight excluding hydrogens is 346 g/mol. The number of thiazole rings is 1. The summed E-state index contributed by atoms with van der Waals surface area (Å²) in [6.45, 7) is 5.45. The molecule has 130 valence electrons. The van der Waals surface area contributed by atoms with Crippen molar-refractivity contribution in [2.75, 3.05) is 5.32 Å². The molecule has 2 aromatic carbocycles. The number of aromatic nitrogens is 1. The maximum Gasteiger partial charge on any atom is 0.221 e. The normalized spacial score (nSPS) is 10.9. The Hall–Kier alpha value is -2.54. The standard InChI is InChI=1S/C18H16F2N2O2S/c1-9-10(2)16(5-4-14(9)21-11(3)23)24-8-18-22-15-6-12(19)13(20)7-17(15)25-18/h4-7H,8H2,1-3H3,(H,21,23). The van der Waals surface area contributed by atoms with Crippen LogP contribution in [0.4, 0.5) is 14.5 Å². The van der Waals surface area contributed by atoms with Crippen molar-refractivity contribution in [3.63, 3.8) is 0 Å². The molecule has 0 aliphatic carbocycles. The zero-order valence-electron chi connectivity index (χ0n) is 13.9. The highest BCUT2D eigenvalue weighted by Gasteiger charge is 2.12. The van der Waals surface area contributed by atoms with Crippen LogP contribution in [0, 0.1) is 25.5 Å². The lowest BCUT2D eigenvalue weighted by Crippen LogP contribution is -2.08. The minimum absolute atomic E-state index is 0.134. The van der Waals surface area contributed by atoms with Gasteiger partial charge in [0.05, 0.1) is 10.2 Å². The Morgan fingerprint density at radius 3 is 2.64 bits per heavy atom. The molecule has 0 saturated carbocycles. The Balaban J connectivity index is 1.79. The Labute approximate surface area is 147 Å². The minimum atomic E-state index is -0.912. The number of fused-ring (bicyclic) bond motifs is 1. The number of nitrogens with one attached hydrogen (secondary N) is 1. The van der Waals surface area contributed by atoms with Gasteiger partial charge in [0.15, 0.2) is 11.6 Å². The quantitative estimate of drug-likeness (QED) is 0.730. The van der Waals surface area contributed by atoms with Crippen LogP contribution in [0.1, 0.15) is 23.1 Å². The monoisotopic (exact) mass is 362 g/mol. The summed E-state index contributed by atoms with van der Waals surface area (Å²) < 4.78 is 32.9. The van der Waals surface area contributed by atoms with Crippen LogP contribution >= 0.6 is 11.3 Å². The Morgan fingerprint density at radius 2 is 1.92 bits per heavy atom. The SMILES string of the molecule is CC(=O)Nc1ccc(OCc2nc3cc(F)c(F)cc3s2)c(C)c1C. The first-order valence-electron chi connectivity index (χ1n) is 7.60. The van der Waals surface area contributed by atoms with Crippen molar-refractivity contribution in [3.05, 3.63) is 52.0 Å². The molecular formula is C18H16F2N2O2S. The molecule has 0 atom stereocenters. The van der Waals surface area contributed by atoms with Gasteiger partial charge in [0.25, 0.3) is 0 Å². The number of amides is 1. The summed E-state index contributed by atoms with van der Waals surface area (Å²) in [6, 6.07) is 5.79. The first-order chi connectivity index (χ1) is 11.8. The highest BCUT2D eigenvalue weighted by molar-refractivity contribution is 7.18. The zero-order valence-corrected chi connectivity index (χ0v) is 14.8. The fourth-order valence-electron chi connectivity index (χ4n) is 2.45. The van der Waals surface area contributed by atoms with E-state index in [9.17, 15) is 13.6 Å². The first kappa shape index (κ1) is 17.3. The molecule has 3 rings (SSSR count). The zero-order chi connectivity index (χ0) is 18.1. The van der Waals surface area contributed by atoms with Crippen LogP contribution in [0.15, 0.2) is 24.3 Å². The number of anilines is 1. The van der Waals surface area contributed by atoms with Crippen molar-refractivity contribution in [1.82, 2.24) is 4.98 Å². The van der Waals surface area contributed by atoms with Gasteiger partial charge in [0, 0.05) is 18.7 Å². The topological polar surface area (TPSA) is 51.2 Å². The van der Waals surface area contributed by atoms with Crippen LogP contribution in [-0.4, -0.2) is 10.9 Å². The average molecular weight is 362 g/mol. The van der Waals surface area contributed by atoms with E-state index in [2.05, 4.69) is 10.3 Å². The summed E-state index contributed by atoms with van der Waals surface area (Å²) in [6.07, 6.45) is 0. The van der Waals surface area contributed by atoms with Gasteiger partial charge in [-0.1, -0.05) is 0 Å². The number of carbonyl (C=O) groups is 1. The summed E-state index contributed by atoms with van der Waals surface area (Å²) >= 11 is 1.26. The molecule has 0 aliphatic rings. The number of hydrogen-bond acceptors (Lipinski definition) is 4. The number of rotatable bonds is 4. The van der Waals surface area contributed by atoms with Gasteiger partial charge in [-0.2, -0.15) is 0 Å². The minimum Gasteiger partial charge on any atom is -0.486 e. The second-order valence-corrected chi connectivity index (χ2v) is 6.79. The summed E-state index contributed by atoms with van der Waals surface area (Å²) in [5.41, 5.74) is 2.98. The molecule has 1 amide bonds. The molecule has 1 aromatic heterocycles. The molecule has 0 unspecified atom stereocenters. The first-order valence-corrected chi connectivity index (χ1v) is 8.42. The van der Waals surface area contributed by atoms with Gasteiger partial charge in [-0.25, -0.2) is 13.8 Å². The van der Waals surface area contributed by atoms with E-state index in [1.165, 1.54) is 18.3 Å². The second kappa shape index (κ2) is 6.76. The van der Waals surface area contributed by atoms with Crippen molar-refractivity contribution in [3.8, 4) is 5.75 Å². The van der Waals surface area contributed by atoms with E-state index >= 15 is 0 Å². The van der Waals surface area contributed by atoms with Gasteiger partial charge >= 0.3 is 0 Å². The molecule has 0 radical (unpaired) electrons. The lowest BCUT2D eigenvalue weighted by Gasteiger charge is -2.14. The maximum atomic E-state index is 13.3. The van der Waals surface area contributed by atoms with Crippen molar-refractivity contribution in [2.24, 2.45) is 0 Å². The molecule has 0 aliphatic heterocycles. The van der Waals surface area contributed by atoms with Gasteiger partial charge in [0.2, 0.25) is 5.91 Å². The largest absolute Gasteiger partial charge is 0.486 e. The maximum absolute atomic E-state index is 13.3. The average Bonchev–Trinajstić information content (AvgIpc) is 2.93. The van der Waals surface area contributed by atoms with Crippen LogP contribution in [0.25, 0.3) is 10.2 Å². The molecule has 3 aromatic rings. The molecule has 0 saturated heterocycles. The van der Waals surface area contributed by atoms with E-state index in [0.29, 0.717) is 21.0 Å². The van der Waals surface area contributed by atoms with Gasteiger partial charge < -0.3 is 10.1 Å². The van der Waals surface area contributed by atoms with Crippen LogP contribution in [0.5, 0.6) is 5.75 Å². The van der Waals surface area contributed by atoms with Crippen molar-refractivity contribution >= 4 is 33.1 Å². The highest BCUT2D eigenvalue weighted by Crippen LogP contribution is 2.30. The van der Waals surface area contributed by atoms with E-state index in [-0.39, 0.29) is 12.5 Å². The summed E-state index contributed by atoms with van der Waals surface area (Å²) in [4.78, 5) is 15.5. The van der Waals surface area contributed by atoms with E-state index in [4.69, 9.17) is 4.74 Å². The number of benzene rings is 2. The predicted molar refractivity (Wildman–Crippen MR) is 94.1 cm³/mol. The second-order valence-electron chi connectivity index (χ2n) is 5.67. The van der Waals surface area contributed by atoms with Crippen molar-refractivity contribution in [2.45, 2.75) is 27.4 Å². The van der Waals surface area contributed by atoms with Gasteiger partial charge in [-0.15, -0.1) is 11.3 Å².